The maximum atomic E-state index is 12.9. The number of carbonyl (C=O) groups is 2. The molecule has 12 heteroatoms. The van der Waals surface area contributed by atoms with Crippen LogP contribution >= 0.6 is 23.4 Å². The fourth-order valence-electron chi connectivity index (χ4n) is 4.37. The predicted molar refractivity (Wildman–Crippen MR) is 137 cm³/mol. The molecule has 0 aliphatic carbocycles. The Labute approximate surface area is 211 Å². The Morgan fingerprint density at radius 3 is 2.57 bits per heavy atom. The number of amides is 3. The average Bonchev–Trinajstić information content (AvgIpc) is 2.91. The maximum absolute atomic E-state index is 12.9. The molecule has 2 aromatic heterocycles. The second kappa shape index (κ2) is 9.42. The van der Waals surface area contributed by atoms with Crippen LogP contribution in [0, 0.1) is 0 Å². The first-order chi connectivity index (χ1) is 16.9. The second-order valence-corrected chi connectivity index (χ2v) is 9.32. The molecular weight excluding hydrogens is 490 g/mol. The number of ether oxygens (including phenoxy) is 1. The first-order valence-electron chi connectivity index (χ1n) is 10.9. The van der Waals surface area contributed by atoms with Crippen LogP contribution in [-0.4, -0.2) is 59.4 Å². The normalized spacial score (nSPS) is 15.3. The Morgan fingerprint density at radius 1 is 1.09 bits per heavy atom. The van der Waals surface area contributed by atoms with Crippen molar-refractivity contribution in [2.45, 2.75) is 11.8 Å². The molecule has 2 aliphatic heterocycles. The Morgan fingerprint density at radius 2 is 1.89 bits per heavy atom. The van der Waals surface area contributed by atoms with Gasteiger partial charge in [0.15, 0.2) is 16.7 Å². The van der Waals surface area contributed by atoms with Gasteiger partial charge in [-0.1, -0.05) is 11.6 Å². The lowest BCUT2D eigenvalue weighted by atomic mass is 10.1. The molecular formula is C23H23ClN7O3S+. The number of hydrogen-bond donors (Lipinski definition) is 3. The van der Waals surface area contributed by atoms with Crippen molar-refractivity contribution in [2.75, 3.05) is 48.5 Å². The van der Waals surface area contributed by atoms with Gasteiger partial charge in [-0.15, -0.1) is 11.8 Å². The summed E-state index contributed by atoms with van der Waals surface area (Å²) in [6.07, 6.45) is 3.43. The minimum Gasteiger partial charge on any atom is -0.370 e. The van der Waals surface area contributed by atoms with E-state index >= 15 is 0 Å². The Bertz CT molecular complexity index is 1310. The molecule has 180 valence electrons. The summed E-state index contributed by atoms with van der Waals surface area (Å²) in [6.45, 7) is 3.80. The molecule has 3 amide bonds. The number of rotatable bonds is 4. The number of urea groups is 1. The summed E-state index contributed by atoms with van der Waals surface area (Å²) in [6, 6.07) is 8.63. The number of nitrogens with one attached hydrogen (secondary N) is 3. The number of morpholine rings is 1. The number of anilines is 3. The number of fused-ring (bicyclic) bond motifs is 7. The number of carbonyl (C=O) groups excluding carboxylic acids is 2. The van der Waals surface area contributed by atoms with Crippen LogP contribution in [0.4, 0.5) is 33.5 Å². The van der Waals surface area contributed by atoms with Crippen molar-refractivity contribution < 1.29 is 14.3 Å². The Kier molecular flexibility index (Phi) is 6.32. The molecule has 2 aliphatic rings. The van der Waals surface area contributed by atoms with Crippen molar-refractivity contribution >= 4 is 64.0 Å². The summed E-state index contributed by atoms with van der Waals surface area (Å²) in [4.78, 5) is 38.5. The molecule has 3 N–H and O–H groups in total. The monoisotopic (exact) mass is 512 g/mol. The van der Waals surface area contributed by atoms with Gasteiger partial charge in [0.1, 0.15) is 29.5 Å². The number of quaternary nitrogens is 1. The second-order valence-electron chi connectivity index (χ2n) is 8.15. The molecule has 0 unspecified atom stereocenters. The van der Waals surface area contributed by atoms with Crippen LogP contribution in [0.5, 0.6) is 0 Å². The SMILES string of the molecule is CSc1c(Cl)nc2nc1[N+]1(CCOCC1)c1cc-2ccc1NC(=O)Nc1ccc(NC(C)=O)nc1. The highest BCUT2D eigenvalue weighted by atomic mass is 35.5. The molecule has 4 bridgehead atoms. The predicted octanol–water partition coefficient (Wildman–Crippen LogP) is 4.50. The van der Waals surface area contributed by atoms with Gasteiger partial charge >= 0.3 is 6.03 Å². The average molecular weight is 513 g/mol. The lowest BCUT2D eigenvalue weighted by Crippen LogP contribution is -2.53. The third-order valence-electron chi connectivity index (χ3n) is 5.94. The van der Waals surface area contributed by atoms with Crippen molar-refractivity contribution in [3.63, 3.8) is 0 Å². The van der Waals surface area contributed by atoms with E-state index in [-0.39, 0.29) is 5.91 Å². The van der Waals surface area contributed by atoms with Crippen LogP contribution in [0.2, 0.25) is 5.15 Å². The standard InChI is InChI=1S/C23H22ClN7O3S/c1-13(32)26-18-6-4-15(12-25-18)27-23(33)28-16-5-3-14-11-17(16)31(7-9-34-10-8-31)22-19(35-2)20(24)29-21(14)30-22/h3-6,11-12H,7-10H2,1-2H3,(H2-,25,26,27,28,29,30,32,33)/p+1. The lowest BCUT2D eigenvalue weighted by molar-refractivity contribution is -0.114. The van der Waals surface area contributed by atoms with E-state index < -0.39 is 6.03 Å². The van der Waals surface area contributed by atoms with E-state index in [2.05, 4.69) is 25.9 Å². The van der Waals surface area contributed by atoms with Crippen LogP contribution in [-0.2, 0) is 9.53 Å². The molecule has 4 heterocycles. The molecule has 0 saturated carbocycles. The molecule has 1 aromatic carbocycles. The number of aromatic nitrogens is 3. The van der Waals surface area contributed by atoms with E-state index in [9.17, 15) is 9.59 Å². The van der Waals surface area contributed by atoms with Gasteiger partial charge in [-0.25, -0.2) is 19.2 Å². The molecule has 35 heavy (non-hydrogen) atoms. The van der Waals surface area contributed by atoms with E-state index in [1.165, 1.54) is 24.9 Å². The minimum absolute atomic E-state index is 0.217. The van der Waals surface area contributed by atoms with Crippen molar-refractivity contribution in [1.29, 1.82) is 0 Å². The summed E-state index contributed by atoms with van der Waals surface area (Å²) < 4.78 is 6.09. The van der Waals surface area contributed by atoms with Gasteiger partial charge in [0.25, 0.3) is 5.82 Å². The zero-order valence-corrected chi connectivity index (χ0v) is 20.7. The summed E-state index contributed by atoms with van der Waals surface area (Å²) >= 11 is 8.08. The topological polar surface area (TPSA) is 118 Å². The van der Waals surface area contributed by atoms with E-state index in [4.69, 9.17) is 21.3 Å². The fraction of sp³-hybridized carbons (Fsp3) is 0.261. The lowest BCUT2D eigenvalue weighted by Gasteiger charge is -2.40. The summed E-state index contributed by atoms with van der Waals surface area (Å²) in [5.41, 5.74) is 2.88. The first-order valence-corrected chi connectivity index (χ1v) is 12.5. The molecule has 3 aromatic rings. The third kappa shape index (κ3) is 4.43. The van der Waals surface area contributed by atoms with E-state index in [1.807, 2.05) is 24.5 Å². The van der Waals surface area contributed by atoms with Gasteiger partial charge < -0.3 is 20.7 Å². The third-order valence-corrected chi connectivity index (χ3v) is 7.11. The molecule has 10 nitrogen and oxygen atoms in total. The highest BCUT2D eigenvalue weighted by Gasteiger charge is 2.44. The fourth-order valence-corrected chi connectivity index (χ4v) is 5.38. The van der Waals surface area contributed by atoms with Crippen LogP contribution in [0.25, 0.3) is 11.4 Å². The quantitative estimate of drug-likeness (QED) is 0.267. The molecule has 5 rings (SSSR count). The van der Waals surface area contributed by atoms with Gasteiger partial charge in [0.2, 0.25) is 5.91 Å². The number of pyridine rings is 1. The highest BCUT2D eigenvalue weighted by molar-refractivity contribution is 7.98. The number of hydrogen-bond acceptors (Lipinski definition) is 7. The zero-order chi connectivity index (χ0) is 24.6. The van der Waals surface area contributed by atoms with Crippen LogP contribution in [0.15, 0.2) is 41.4 Å². The number of thioether (sulfide) groups is 1. The van der Waals surface area contributed by atoms with Gasteiger partial charge in [0, 0.05) is 18.6 Å². The van der Waals surface area contributed by atoms with Gasteiger partial charge in [-0.3, -0.25) is 4.79 Å². The highest BCUT2D eigenvalue weighted by Crippen LogP contribution is 2.49. The molecule has 1 spiro atoms. The van der Waals surface area contributed by atoms with Crippen molar-refractivity contribution in [3.05, 3.63) is 41.7 Å². The number of nitrogens with zero attached hydrogens (tertiary/aromatic N) is 4. The van der Waals surface area contributed by atoms with Crippen molar-refractivity contribution in [1.82, 2.24) is 19.4 Å². The smallest absolute Gasteiger partial charge is 0.323 e. The van der Waals surface area contributed by atoms with Crippen LogP contribution in [0.3, 0.4) is 0 Å². The van der Waals surface area contributed by atoms with Crippen molar-refractivity contribution in [3.8, 4) is 11.4 Å². The molecule has 1 saturated heterocycles. The largest absolute Gasteiger partial charge is 0.370 e. The van der Waals surface area contributed by atoms with E-state index in [1.54, 1.807) is 12.1 Å². The summed E-state index contributed by atoms with van der Waals surface area (Å²) in [5, 5.41) is 8.79. The van der Waals surface area contributed by atoms with Crippen LogP contribution < -0.4 is 20.4 Å². The van der Waals surface area contributed by atoms with Crippen molar-refractivity contribution in [2.24, 2.45) is 0 Å². The molecule has 1 fully saturated rings. The summed E-state index contributed by atoms with van der Waals surface area (Å²) in [7, 11) is 0. The first kappa shape index (κ1) is 23.5. The number of benzene rings is 1. The van der Waals surface area contributed by atoms with Gasteiger partial charge in [0.05, 0.1) is 25.1 Å². The summed E-state index contributed by atoms with van der Waals surface area (Å²) in [5.74, 6) is 1.57. The Balaban J connectivity index is 1.48. The molecule has 0 radical (unpaired) electrons. The minimum atomic E-state index is -0.417. The molecule has 0 atom stereocenters. The zero-order valence-electron chi connectivity index (χ0n) is 19.1. The van der Waals surface area contributed by atoms with Gasteiger partial charge in [-0.05, 0) is 30.5 Å². The van der Waals surface area contributed by atoms with E-state index in [0.717, 1.165) is 22.0 Å². The van der Waals surface area contributed by atoms with E-state index in [0.29, 0.717) is 59.0 Å². The van der Waals surface area contributed by atoms with Crippen LogP contribution in [0.1, 0.15) is 6.92 Å². The Hall–Kier alpha value is -3.25. The number of halogens is 1. The van der Waals surface area contributed by atoms with Gasteiger partial charge in [-0.2, -0.15) is 4.98 Å². The maximum Gasteiger partial charge on any atom is 0.323 e.